The van der Waals surface area contributed by atoms with Crippen molar-refractivity contribution in [2.45, 2.75) is 0 Å². The maximum absolute atomic E-state index is 5.50. The van der Waals surface area contributed by atoms with Crippen LogP contribution in [0.4, 0.5) is 11.7 Å². The average Bonchev–Trinajstić information content (AvgIpc) is 2.27. The topological polar surface area (TPSA) is 78.1 Å². The number of benzene rings is 1. The van der Waals surface area contributed by atoms with Crippen LogP contribution in [0.15, 0.2) is 22.6 Å². The fourth-order valence-electron chi connectivity index (χ4n) is 0.959. The van der Waals surface area contributed by atoms with Gasteiger partial charge in [-0.25, -0.2) is 0 Å². The minimum Gasteiger partial charge on any atom is -0.424 e. The SMILES string of the molecule is Nc1ccc2nc(N)oc2c1. The number of rotatable bonds is 0. The van der Waals surface area contributed by atoms with Crippen molar-refractivity contribution < 1.29 is 4.42 Å². The Morgan fingerprint density at radius 1 is 1.27 bits per heavy atom. The summed E-state index contributed by atoms with van der Waals surface area (Å²) in [6.07, 6.45) is 0. The van der Waals surface area contributed by atoms with Gasteiger partial charge >= 0.3 is 0 Å². The van der Waals surface area contributed by atoms with E-state index in [2.05, 4.69) is 4.98 Å². The normalized spacial score (nSPS) is 10.5. The van der Waals surface area contributed by atoms with Crippen molar-refractivity contribution in [1.29, 1.82) is 0 Å². The lowest BCUT2D eigenvalue weighted by Crippen LogP contribution is -1.81. The Labute approximate surface area is 62.8 Å². The number of aromatic nitrogens is 1. The van der Waals surface area contributed by atoms with E-state index in [0.29, 0.717) is 11.3 Å². The summed E-state index contributed by atoms with van der Waals surface area (Å²) in [4.78, 5) is 3.91. The molecule has 11 heavy (non-hydrogen) atoms. The summed E-state index contributed by atoms with van der Waals surface area (Å²) in [7, 11) is 0. The number of nitrogens with two attached hydrogens (primary N) is 2. The molecule has 0 radical (unpaired) electrons. The second-order valence-corrected chi connectivity index (χ2v) is 2.28. The number of nitrogen functional groups attached to an aromatic ring is 2. The monoisotopic (exact) mass is 149 g/mol. The molecule has 0 aliphatic carbocycles. The molecule has 0 aliphatic heterocycles. The number of anilines is 2. The summed E-state index contributed by atoms with van der Waals surface area (Å²) in [6.45, 7) is 0. The second kappa shape index (κ2) is 1.88. The van der Waals surface area contributed by atoms with Crippen LogP contribution in [0, 0.1) is 0 Å². The largest absolute Gasteiger partial charge is 0.424 e. The molecule has 2 rings (SSSR count). The van der Waals surface area contributed by atoms with Crippen molar-refractivity contribution in [3.8, 4) is 0 Å². The van der Waals surface area contributed by atoms with E-state index < -0.39 is 0 Å². The van der Waals surface area contributed by atoms with Gasteiger partial charge in [0.1, 0.15) is 5.52 Å². The molecule has 1 aromatic carbocycles. The van der Waals surface area contributed by atoms with Gasteiger partial charge in [-0.15, -0.1) is 0 Å². The van der Waals surface area contributed by atoms with Gasteiger partial charge in [-0.1, -0.05) is 0 Å². The Balaban J connectivity index is 2.82. The molecule has 1 aromatic heterocycles. The van der Waals surface area contributed by atoms with Crippen LogP contribution in [-0.4, -0.2) is 4.98 Å². The number of fused-ring (bicyclic) bond motifs is 1. The Hall–Kier alpha value is -1.71. The first-order valence-corrected chi connectivity index (χ1v) is 3.17. The molecule has 0 bridgehead atoms. The van der Waals surface area contributed by atoms with Gasteiger partial charge in [0, 0.05) is 11.8 Å². The summed E-state index contributed by atoms with van der Waals surface area (Å²) in [5.74, 6) is 0. The van der Waals surface area contributed by atoms with Gasteiger partial charge in [0.05, 0.1) is 0 Å². The summed E-state index contributed by atoms with van der Waals surface area (Å²) < 4.78 is 5.04. The van der Waals surface area contributed by atoms with E-state index in [4.69, 9.17) is 15.9 Å². The number of hydrogen-bond acceptors (Lipinski definition) is 4. The molecule has 4 N–H and O–H groups in total. The molecule has 0 atom stereocenters. The first-order chi connectivity index (χ1) is 5.25. The zero-order valence-corrected chi connectivity index (χ0v) is 5.74. The second-order valence-electron chi connectivity index (χ2n) is 2.28. The summed E-state index contributed by atoms with van der Waals surface area (Å²) in [5, 5.41) is 0. The molecule has 0 saturated heterocycles. The van der Waals surface area contributed by atoms with Crippen LogP contribution < -0.4 is 11.5 Å². The Bertz CT molecular complexity index is 393. The molecular formula is C7H7N3O. The van der Waals surface area contributed by atoms with Gasteiger partial charge in [-0.2, -0.15) is 4.98 Å². The van der Waals surface area contributed by atoms with Gasteiger partial charge in [0.25, 0.3) is 6.01 Å². The van der Waals surface area contributed by atoms with Crippen LogP contribution in [0.5, 0.6) is 0 Å². The lowest BCUT2D eigenvalue weighted by atomic mass is 10.3. The molecule has 56 valence electrons. The van der Waals surface area contributed by atoms with Crippen LogP contribution in [0.1, 0.15) is 0 Å². The van der Waals surface area contributed by atoms with E-state index in [1.54, 1.807) is 18.2 Å². The van der Waals surface area contributed by atoms with Crippen LogP contribution in [0.25, 0.3) is 11.1 Å². The standard InChI is InChI=1S/C7H7N3O/c8-4-1-2-5-6(3-4)11-7(9)10-5/h1-3H,8H2,(H2,9,10). The zero-order chi connectivity index (χ0) is 7.84. The Morgan fingerprint density at radius 2 is 2.09 bits per heavy atom. The van der Waals surface area contributed by atoms with Crippen molar-refractivity contribution in [3.05, 3.63) is 18.2 Å². The Kier molecular flexibility index (Phi) is 1.03. The molecule has 4 nitrogen and oxygen atoms in total. The maximum Gasteiger partial charge on any atom is 0.292 e. The predicted molar refractivity (Wildman–Crippen MR) is 42.8 cm³/mol. The van der Waals surface area contributed by atoms with E-state index in [9.17, 15) is 0 Å². The highest BCUT2D eigenvalue weighted by Gasteiger charge is 2.00. The lowest BCUT2D eigenvalue weighted by Gasteiger charge is -1.88. The maximum atomic E-state index is 5.50. The molecule has 0 spiro atoms. The highest BCUT2D eigenvalue weighted by atomic mass is 16.4. The molecule has 0 amide bonds. The third-order valence-electron chi connectivity index (χ3n) is 1.43. The van der Waals surface area contributed by atoms with Crippen LogP contribution >= 0.6 is 0 Å². The van der Waals surface area contributed by atoms with E-state index in [1.165, 1.54) is 0 Å². The highest BCUT2D eigenvalue weighted by molar-refractivity contribution is 5.77. The average molecular weight is 149 g/mol. The van der Waals surface area contributed by atoms with Crippen molar-refractivity contribution >= 4 is 22.8 Å². The minimum atomic E-state index is 0.172. The van der Waals surface area contributed by atoms with E-state index in [1.807, 2.05) is 0 Å². The highest BCUT2D eigenvalue weighted by Crippen LogP contribution is 2.18. The fraction of sp³-hybridized carbons (Fsp3) is 0. The minimum absolute atomic E-state index is 0.172. The molecule has 0 unspecified atom stereocenters. The quantitative estimate of drug-likeness (QED) is 0.547. The van der Waals surface area contributed by atoms with E-state index >= 15 is 0 Å². The van der Waals surface area contributed by atoms with Gasteiger partial charge in [-0.05, 0) is 12.1 Å². The van der Waals surface area contributed by atoms with Gasteiger partial charge < -0.3 is 15.9 Å². The summed E-state index contributed by atoms with van der Waals surface area (Å²) in [5.41, 5.74) is 12.8. The van der Waals surface area contributed by atoms with Crippen molar-refractivity contribution in [3.63, 3.8) is 0 Å². The Morgan fingerprint density at radius 3 is 2.91 bits per heavy atom. The molecular weight excluding hydrogens is 142 g/mol. The molecule has 1 heterocycles. The van der Waals surface area contributed by atoms with Gasteiger partial charge in [0.2, 0.25) is 0 Å². The summed E-state index contributed by atoms with van der Waals surface area (Å²) in [6, 6.07) is 5.39. The predicted octanol–water partition coefficient (Wildman–Crippen LogP) is 0.992. The fourth-order valence-corrected chi connectivity index (χ4v) is 0.959. The van der Waals surface area contributed by atoms with Crippen molar-refractivity contribution in [2.75, 3.05) is 11.5 Å². The molecule has 2 aromatic rings. The lowest BCUT2D eigenvalue weighted by molar-refractivity contribution is 0.626. The van der Waals surface area contributed by atoms with Crippen LogP contribution in [0.2, 0.25) is 0 Å². The van der Waals surface area contributed by atoms with Crippen molar-refractivity contribution in [2.24, 2.45) is 0 Å². The van der Waals surface area contributed by atoms with Crippen LogP contribution in [-0.2, 0) is 0 Å². The number of oxazole rings is 1. The van der Waals surface area contributed by atoms with E-state index in [-0.39, 0.29) is 6.01 Å². The van der Waals surface area contributed by atoms with Gasteiger partial charge in [0.15, 0.2) is 5.58 Å². The van der Waals surface area contributed by atoms with Crippen molar-refractivity contribution in [1.82, 2.24) is 4.98 Å². The van der Waals surface area contributed by atoms with E-state index in [0.717, 1.165) is 5.52 Å². The van der Waals surface area contributed by atoms with Gasteiger partial charge in [-0.3, -0.25) is 0 Å². The number of nitrogens with zero attached hydrogens (tertiary/aromatic N) is 1. The summed E-state index contributed by atoms with van der Waals surface area (Å²) >= 11 is 0. The third-order valence-corrected chi connectivity index (χ3v) is 1.43. The smallest absolute Gasteiger partial charge is 0.292 e. The number of hydrogen-bond donors (Lipinski definition) is 2. The first-order valence-electron chi connectivity index (χ1n) is 3.17. The molecule has 0 aliphatic rings. The van der Waals surface area contributed by atoms with Crippen LogP contribution in [0.3, 0.4) is 0 Å². The molecule has 4 heteroatoms. The molecule has 0 fully saturated rings. The zero-order valence-electron chi connectivity index (χ0n) is 5.74. The third kappa shape index (κ3) is 0.881. The first kappa shape index (κ1) is 6.03. The molecule has 0 saturated carbocycles.